The number of fused-ring (bicyclic) bond motifs is 1. The first-order valence-corrected chi connectivity index (χ1v) is 5.29. The van der Waals surface area contributed by atoms with E-state index < -0.39 is 18.1 Å². The van der Waals surface area contributed by atoms with Gasteiger partial charge in [0.15, 0.2) is 0 Å². The summed E-state index contributed by atoms with van der Waals surface area (Å²) in [6, 6.07) is 4.17. The highest BCUT2D eigenvalue weighted by Gasteiger charge is 2.47. The summed E-state index contributed by atoms with van der Waals surface area (Å²) in [7, 11) is 0. The first-order chi connectivity index (χ1) is 6.89. The Kier molecular flexibility index (Phi) is 2.55. The van der Waals surface area contributed by atoms with Crippen molar-refractivity contribution < 1.29 is 13.2 Å². The lowest BCUT2D eigenvalue weighted by Gasteiger charge is -2.19. The molecule has 1 aromatic rings. The number of rotatable bonds is 0. The van der Waals surface area contributed by atoms with Crippen molar-refractivity contribution in [1.82, 2.24) is 0 Å². The Morgan fingerprint density at radius 3 is 2.60 bits per heavy atom. The first kappa shape index (κ1) is 11.0. The smallest absolute Gasteiger partial charge is 0.323 e. The summed E-state index contributed by atoms with van der Waals surface area (Å²) in [5, 5.41) is 0. The zero-order valence-corrected chi connectivity index (χ0v) is 9.27. The standard InChI is InChI=1S/C10H9BrF3N/c11-6-1-2-7-5(3-6)4-8(9(7)15)10(12,13)14/h1-3,8-9H,4,15H2. The van der Waals surface area contributed by atoms with E-state index >= 15 is 0 Å². The normalized spacial score (nSPS) is 25.4. The summed E-state index contributed by atoms with van der Waals surface area (Å²) in [6.45, 7) is 0. The number of nitrogens with two attached hydrogens (primary N) is 1. The van der Waals surface area contributed by atoms with Crippen LogP contribution in [0.5, 0.6) is 0 Å². The molecule has 2 N–H and O–H groups in total. The average molecular weight is 280 g/mol. The molecule has 0 aliphatic heterocycles. The molecule has 2 rings (SSSR count). The van der Waals surface area contributed by atoms with Crippen LogP contribution in [0.2, 0.25) is 0 Å². The molecule has 0 radical (unpaired) electrons. The van der Waals surface area contributed by atoms with E-state index in [2.05, 4.69) is 15.9 Å². The Labute approximate surface area is 93.6 Å². The fraction of sp³-hybridized carbons (Fsp3) is 0.400. The van der Waals surface area contributed by atoms with Crippen molar-refractivity contribution in [2.75, 3.05) is 0 Å². The fourth-order valence-corrected chi connectivity index (χ4v) is 2.38. The molecule has 0 spiro atoms. The second-order valence-electron chi connectivity index (χ2n) is 3.72. The number of alkyl halides is 3. The van der Waals surface area contributed by atoms with Crippen LogP contribution in [0.4, 0.5) is 13.2 Å². The van der Waals surface area contributed by atoms with Crippen LogP contribution >= 0.6 is 15.9 Å². The average Bonchev–Trinajstić information content (AvgIpc) is 2.42. The van der Waals surface area contributed by atoms with Crippen LogP contribution in [-0.2, 0) is 6.42 Å². The molecule has 5 heteroatoms. The highest BCUT2D eigenvalue weighted by molar-refractivity contribution is 9.10. The highest BCUT2D eigenvalue weighted by atomic mass is 79.9. The molecule has 2 unspecified atom stereocenters. The highest BCUT2D eigenvalue weighted by Crippen LogP contribution is 2.44. The predicted octanol–water partition coefficient (Wildman–Crippen LogP) is 3.18. The maximum absolute atomic E-state index is 12.6. The first-order valence-electron chi connectivity index (χ1n) is 4.50. The van der Waals surface area contributed by atoms with E-state index in [4.69, 9.17) is 5.73 Å². The minimum atomic E-state index is -4.22. The number of benzene rings is 1. The molecule has 1 aliphatic rings. The Hall–Kier alpha value is -0.550. The van der Waals surface area contributed by atoms with Crippen LogP contribution < -0.4 is 5.73 Å². The van der Waals surface area contributed by atoms with Gasteiger partial charge >= 0.3 is 6.18 Å². The topological polar surface area (TPSA) is 26.0 Å². The van der Waals surface area contributed by atoms with Gasteiger partial charge in [-0.2, -0.15) is 13.2 Å². The van der Waals surface area contributed by atoms with Crippen molar-refractivity contribution in [3.63, 3.8) is 0 Å². The third kappa shape index (κ3) is 1.90. The molecule has 0 bridgehead atoms. The lowest BCUT2D eigenvalue weighted by Crippen LogP contribution is -2.30. The maximum Gasteiger partial charge on any atom is 0.393 e. The van der Waals surface area contributed by atoms with Gasteiger partial charge in [-0.3, -0.25) is 0 Å². The van der Waals surface area contributed by atoms with Gasteiger partial charge in [0.25, 0.3) is 0 Å². The van der Waals surface area contributed by atoms with E-state index in [1.165, 1.54) is 0 Å². The molecule has 0 saturated carbocycles. The van der Waals surface area contributed by atoms with E-state index in [-0.39, 0.29) is 6.42 Å². The molecule has 1 aromatic carbocycles. The molecule has 0 heterocycles. The van der Waals surface area contributed by atoms with E-state index in [9.17, 15) is 13.2 Å². The molecule has 82 valence electrons. The van der Waals surface area contributed by atoms with Crippen molar-refractivity contribution >= 4 is 15.9 Å². The summed E-state index contributed by atoms with van der Waals surface area (Å²) in [6.07, 6.45) is -4.23. The maximum atomic E-state index is 12.6. The SMILES string of the molecule is NC1c2ccc(Br)cc2CC1C(F)(F)F. The van der Waals surface area contributed by atoms with Gasteiger partial charge in [0.2, 0.25) is 0 Å². The van der Waals surface area contributed by atoms with Gasteiger partial charge in [-0.25, -0.2) is 0 Å². The lowest BCUT2D eigenvalue weighted by molar-refractivity contribution is -0.177. The molecule has 15 heavy (non-hydrogen) atoms. The third-order valence-corrected chi connectivity index (χ3v) is 3.25. The van der Waals surface area contributed by atoms with Gasteiger partial charge in [0.1, 0.15) is 0 Å². The number of hydrogen-bond acceptors (Lipinski definition) is 1. The Balaban J connectivity index is 2.37. The summed E-state index contributed by atoms with van der Waals surface area (Å²) < 4.78 is 38.5. The number of halogens is 4. The molecule has 1 nitrogen and oxygen atoms in total. The third-order valence-electron chi connectivity index (χ3n) is 2.76. The summed E-state index contributed by atoms with van der Waals surface area (Å²) in [4.78, 5) is 0. The summed E-state index contributed by atoms with van der Waals surface area (Å²) in [5.41, 5.74) is 6.90. The van der Waals surface area contributed by atoms with Crippen LogP contribution in [0.1, 0.15) is 17.2 Å². The van der Waals surface area contributed by atoms with Crippen LogP contribution in [0.15, 0.2) is 22.7 Å². The van der Waals surface area contributed by atoms with Gasteiger partial charge in [-0.15, -0.1) is 0 Å². The van der Waals surface area contributed by atoms with Crippen LogP contribution in [0, 0.1) is 5.92 Å². The molecular formula is C10H9BrF3N. The van der Waals surface area contributed by atoms with E-state index in [0.29, 0.717) is 11.1 Å². The zero-order chi connectivity index (χ0) is 11.2. The fourth-order valence-electron chi connectivity index (χ4n) is 1.98. The molecule has 0 amide bonds. The Bertz CT molecular complexity index is 389. The van der Waals surface area contributed by atoms with Crippen LogP contribution in [0.25, 0.3) is 0 Å². The predicted molar refractivity (Wildman–Crippen MR) is 54.3 cm³/mol. The minimum Gasteiger partial charge on any atom is -0.323 e. The van der Waals surface area contributed by atoms with Crippen LogP contribution in [0.3, 0.4) is 0 Å². The van der Waals surface area contributed by atoms with E-state index in [1.807, 2.05) is 0 Å². The van der Waals surface area contributed by atoms with Gasteiger partial charge in [0, 0.05) is 10.5 Å². The lowest BCUT2D eigenvalue weighted by atomic mass is 10.0. The van der Waals surface area contributed by atoms with Crippen molar-refractivity contribution in [3.05, 3.63) is 33.8 Å². The van der Waals surface area contributed by atoms with E-state index in [1.54, 1.807) is 18.2 Å². The summed E-state index contributed by atoms with van der Waals surface area (Å²) >= 11 is 3.23. The molecular weight excluding hydrogens is 271 g/mol. The molecule has 1 aliphatic carbocycles. The second kappa shape index (κ2) is 3.49. The largest absolute Gasteiger partial charge is 0.393 e. The molecule has 0 fully saturated rings. The summed E-state index contributed by atoms with van der Waals surface area (Å²) in [5.74, 6) is -1.44. The van der Waals surface area contributed by atoms with Crippen molar-refractivity contribution in [2.45, 2.75) is 18.6 Å². The quantitative estimate of drug-likeness (QED) is 0.776. The van der Waals surface area contributed by atoms with E-state index in [0.717, 1.165) is 4.47 Å². The molecule has 0 saturated heterocycles. The van der Waals surface area contributed by atoms with Crippen molar-refractivity contribution in [2.24, 2.45) is 11.7 Å². The van der Waals surface area contributed by atoms with Gasteiger partial charge in [0.05, 0.1) is 5.92 Å². The van der Waals surface area contributed by atoms with Crippen molar-refractivity contribution in [3.8, 4) is 0 Å². The van der Waals surface area contributed by atoms with Gasteiger partial charge in [-0.05, 0) is 29.7 Å². The van der Waals surface area contributed by atoms with Gasteiger partial charge < -0.3 is 5.73 Å². The Morgan fingerprint density at radius 1 is 1.33 bits per heavy atom. The minimum absolute atomic E-state index is 0.0144. The Morgan fingerprint density at radius 2 is 2.00 bits per heavy atom. The van der Waals surface area contributed by atoms with Crippen molar-refractivity contribution in [1.29, 1.82) is 0 Å². The molecule has 0 aromatic heterocycles. The zero-order valence-electron chi connectivity index (χ0n) is 7.68. The van der Waals surface area contributed by atoms with Crippen LogP contribution in [-0.4, -0.2) is 6.18 Å². The second-order valence-corrected chi connectivity index (χ2v) is 4.64. The number of hydrogen-bond donors (Lipinski definition) is 1. The monoisotopic (exact) mass is 279 g/mol. The van der Waals surface area contributed by atoms with Gasteiger partial charge in [-0.1, -0.05) is 22.0 Å². The molecule has 2 atom stereocenters.